The minimum atomic E-state index is -0.0824. The molecule has 0 spiro atoms. The largest absolute Gasteiger partial charge is 0.375 e. The van der Waals surface area contributed by atoms with Crippen LogP contribution in [0, 0.1) is 0 Å². The van der Waals surface area contributed by atoms with Crippen LogP contribution in [0.25, 0.3) is 0 Å². The van der Waals surface area contributed by atoms with Gasteiger partial charge in [0, 0.05) is 32.3 Å². The van der Waals surface area contributed by atoms with Crippen molar-refractivity contribution in [3.05, 3.63) is 47.5 Å². The van der Waals surface area contributed by atoms with Crippen molar-refractivity contribution in [3.63, 3.8) is 0 Å². The summed E-state index contributed by atoms with van der Waals surface area (Å²) in [5, 5.41) is 7.00. The molecule has 1 unspecified atom stereocenters. The molecule has 0 fully saturated rings. The molecule has 0 saturated carbocycles. The number of methoxy groups -OCH3 is 1. The first-order valence-electron chi connectivity index (χ1n) is 6.05. The molecule has 0 radical (unpaired) electrons. The second-order valence-corrected chi connectivity index (χ2v) is 4.34. The van der Waals surface area contributed by atoms with Crippen molar-refractivity contribution in [2.75, 3.05) is 27.2 Å². The predicted molar refractivity (Wildman–Crippen MR) is 80.8 cm³/mol. The zero-order valence-electron chi connectivity index (χ0n) is 11.3. The minimum Gasteiger partial charge on any atom is -0.375 e. The molecule has 0 aliphatic heterocycles. The maximum atomic E-state index is 5.98. The number of hydrogen-bond donors (Lipinski definition) is 2. The van der Waals surface area contributed by atoms with Crippen LogP contribution in [0.2, 0.25) is 5.02 Å². The van der Waals surface area contributed by atoms with E-state index in [1.807, 2.05) is 24.3 Å². The van der Waals surface area contributed by atoms with Crippen LogP contribution < -0.4 is 10.6 Å². The lowest BCUT2D eigenvalue weighted by atomic mass is 10.1. The summed E-state index contributed by atoms with van der Waals surface area (Å²) in [6, 6.07) is 7.64. The minimum absolute atomic E-state index is 0.0824. The lowest BCUT2D eigenvalue weighted by Gasteiger charge is -2.18. The quantitative estimate of drug-likeness (QED) is 0.478. The summed E-state index contributed by atoms with van der Waals surface area (Å²) in [7, 11) is 3.40. The molecule has 0 bridgehead atoms. The van der Waals surface area contributed by atoms with Gasteiger partial charge in [0.1, 0.15) is 0 Å². The SMILES string of the molecule is C=CCNC(=NC)NCC(OC)c1cccc(Cl)c1. The van der Waals surface area contributed by atoms with Gasteiger partial charge in [-0.25, -0.2) is 0 Å². The fourth-order valence-corrected chi connectivity index (χ4v) is 1.82. The number of rotatable bonds is 6. The highest BCUT2D eigenvalue weighted by atomic mass is 35.5. The Balaban J connectivity index is 2.60. The van der Waals surface area contributed by atoms with E-state index in [4.69, 9.17) is 16.3 Å². The van der Waals surface area contributed by atoms with Gasteiger partial charge in [0.05, 0.1) is 6.10 Å². The van der Waals surface area contributed by atoms with E-state index in [0.717, 1.165) is 5.56 Å². The average molecular weight is 282 g/mol. The number of ether oxygens (including phenoxy) is 1. The number of aliphatic imine (C=N–C) groups is 1. The molecular weight excluding hydrogens is 262 g/mol. The third kappa shape index (κ3) is 5.32. The van der Waals surface area contributed by atoms with E-state index in [1.54, 1.807) is 20.2 Å². The fourth-order valence-electron chi connectivity index (χ4n) is 1.62. The normalized spacial score (nSPS) is 12.9. The zero-order chi connectivity index (χ0) is 14.1. The summed E-state index contributed by atoms with van der Waals surface area (Å²) < 4.78 is 5.47. The molecule has 0 saturated heterocycles. The van der Waals surface area contributed by atoms with Crippen LogP contribution in [0.15, 0.2) is 41.9 Å². The van der Waals surface area contributed by atoms with Crippen LogP contribution >= 0.6 is 11.6 Å². The highest BCUT2D eigenvalue weighted by Crippen LogP contribution is 2.19. The molecule has 2 N–H and O–H groups in total. The molecule has 1 atom stereocenters. The van der Waals surface area contributed by atoms with E-state index >= 15 is 0 Å². The molecule has 0 aliphatic carbocycles. The first-order chi connectivity index (χ1) is 9.21. The average Bonchev–Trinajstić information content (AvgIpc) is 2.43. The fraction of sp³-hybridized carbons (Fsp3) is 0.357. The third-order valence-electron chi connectivity index (χ3n) is 2.60. The van der Waals surface area contributed by atoms with Crippen LogP contribution in [0.5, 0.6) is 0 Å². The van der Waals surface area contributed by atoms with Crippen molar-refractivity contribution in [3.8, 4) is 0 Å². The van der Waals surface area contributed by atoms with Crippen molar-refractivity contribution in [2.45, 2.75) is 6.10 Å². The van der Waals surface area contributed by atoms with Crippen molar-refractivity contribution in [2.24, 2.45) is 4.99 Å². The number of guanidine groups is 1. The Morgan fingerprint density at radius 1 is 1.53 bits per heavy atom. The Kier molecular flexibility index (Phi) is 7.00. The number of nitrogens with zero attached hydrogens (tertiary/aromatic N) is 1. The Labute approximate surface area is 119 Å². The van der Waals surface area contributed by atoms with Gasteiger partial charge in [0.15, 0.2) is 5.96 Å². The molecule has 1 rings (SSSR count). The molecular formula is C14H20ClN3O. The number of benzene rings is 1. The van der Waals surface area contributed by atoms with E-state index in [-0.39, 0.29) is 6.10 Å². The van der Waals surface area contributed by atoms with Crippen molar-refractivity contribution < 1.29 is 4.74 Å². The smallest absolute Gasteiger partial charge is 0.191 e. The number of hydrogen-bond acceptors (Lipinski definition) is 2. The maximum Gasteiger partial charge on any atom is 0.191 e. The molecule has 1 aromatic rings. The second kappa shape index (κ2) is 8.56. The molecule has 19 heavy (non-hydrogen) atoms. The van der Waals surface area contributed by atoms with Crippen molar-refractivity contribution >= 4 is 17.6 Å². The molecule has 5 heteroatoms. The molecule has 1 aromatic carbocycles. The summed E-state index contributed by atoms with van der Waals surface area (Å²) in [6.07, 6.45) is 1.69. The number of halogens is 1. The van der Waals surface area contributed by atoms with Gasteiger partial charge in [0.2, 0.25) is 0 Å². The first kappa shape index (κ1) is 15.5. The van der Waals surface area contributed by atoms with Gasteiger partial charge in [-0.3, -0.25) is 4.99 Å². The van der Waals surface area contributed by atoms with Crippen LogP contribution in [0.1, 0.15) is 11.7 Å². The van der Waals surface area contributed by atoms with E-state index in [9.17, 15) is 0 Å². The maximum absolute atomic E-state index is 5.98. The summed E-state index contributed by atoms with van der Waals surface area (Å²) in [6.45, 7) is 4.92. The molecule has 0 amide bonds. The van der Waals surface area contributed by atoms with E-state index < -0.39 is 0 Å². The van der Waals surface area contributed by atoms with Gasteiger partial charge >= 0.3 is 0 Å². The van der Waals surface area contributed by atoms with Crippen LogP contribution in [-0.4, -0.2) is 33.2 Å². The molecule has 0 aliphatic rings. The lowest BCUT2D eigenvalue weighted by Crippen LogP contribution is -2.39. The van der Waals surface area contributed by atoms with E-state index in [0.29, 0.717) is 24.1 Å². The molecule has 0 aromatic heterocycles. The van der Waals surface area contributed by atoms with Crippen LogP contribution in [0.3, 0.4) is 0 Å². The predicted octanol–water partition coefficient (Wildman–Crippen LogP) is 2.38. The Bertz CT molecular complexity index is 434. The van der Waals surface area contributed by atoms with E-state index in [2.05, 4.69) is 22.2 Å². The van der Waals surface area contributed by atoms with E-state index in [1.165, 1.54) is 0 Å². The topological polar surface area (TPSA) is 45.7 Å². The number of nitrogens with one attached hydrogen (secondary N) is 2. The Morgan fingerprint density at radius 2 is 2.32 bits per heavy atom. The highest BCUT2D eigenvalue weighted by molar-refractivity contribution is 6.30. The van der Waals surface area contributed by atoms with Gasteiger partial charge in [-0.05, 0) is 17.7 Å². The summed E-state index contributed by atoms with van der Waals surface area (Å²) in [5.41, 5.74) is 1.03. The summed E-state index contributed by atoms with van der Waals surface area (Å²) in [5.74, 6) is 0.712. The molecule has 104 valence electrons. The Morgan fingerprint density at radius 3 is 2.89 bits per heavy atom. The van der Waals surface area contributed by atoms with Crippen LogP contribution in [-0.2, 0) is 4.74 Å². The molecule has 0 heterocycles. The Hall–Kier alpha value is -1.52. The van der Waals surface area contributed by atoms with Gasteiger partial charge in [-0.15, -0.1) is 6.58 Å². The monoisotopic (exact) mass is 281 g/mol. The summed E-state index contributed by atoms with van der Waals surface area (Å²) in [4.78, 5) is 4.11. The van der Waals surface area contributed by atoms with Crippen molar-refractivity contribution in [1.29, 1.82) is 0 Å². The van der Waals surface area contributed by atoms with Crippen LogP contribution in [0.4, 0.5) is 0 Å². The second-order valence-electron chi connectivity index (χ2n) is 3.90. The first-order valence-corrected chi connectivity index (χ1v) is 6.42. The van der Waals surface area contributed by atoms with Crippen molar-refractivity contribution in [1.82, 2.24) is 10.6 Å². The van der Waals surface area contributed by atoms with Gasteiger partial charge in [-0.1, -0.05) is 29.8 Å². The highest BCUT2D eigenvalue weighted by Gasteiger charge is 2.11. The van der Waals surface area contributed by atoms with Gasteiger partial charge < -0.3 is 15.4 Å². The third-order valence-corrected chi connectivity index (χ3v) is 2.83. The van der Waals surface area contributed by atoms with Gasteiger partial charge in [0.25, 0.3) is 0 Å². The standard InChI is InChI=1S/C14H20ClN3O/c1-4-8-17-14(16-2)18-10-13(19-3)11-6-5-7-12(15)9-11/h4-7,9,13H,1,8,10H2,2-3H3,(H2,16,17,18). The molecule has 4 nitrogen and oxygen atoms in total. The van der Waals surface area contributed by atoms with Gasteiger partial charge in [-0.2, -0.15) is 0 Å². The zero-order valence-corrected chi connectivity index (χ0v) is 12.1. The lowest BCUT2D eigenvalue weighted by molar-refractivity contribution is 0.106. The summed E-state index contributed by atoms with van der Waals surface area (Å²) >= 11 is 5.98.